The molecule has 0 aliphatic carbocycles. The second-order valence-electron chi connectivity index (χ2n) is 4.23. The standard InChI is InChI=1S/C15H14ClNO2/c1-10-15(11(2)18)13(8-14(16)17-10)19-9-12-6-4-3-5-7-12/h3-8H,9H2,1-2H3. The summed E-state index contributed by atoms with van der Waals surface area (Å²) in [5.41, 5.74) is 2.10. The summed E-state index contributed by atoms with van der Waals surface area (Å²) in [4.78, 5) is 15.7. The van der Waals surface area contributed by atoms with Gasteiger partial charge in [-0.3, -0.25) is 4.79 Å². The molecule has 0 atom stereocenters. The molecule has 0 fully saturated rings. The number of ether oxygens (including phenoxy) is 1. The first-order valence-corrected chi connectivity index (χ1v) is 6.30. The number of benzene rings is 1. The summed E-state index contributed by atoms with van der Waals surface area (Å²) in [6, 6.07) is 11.3. The first kappa shape index (κ1) is 13.6. The van der Waals surface area contributed by atoms with Gasteiger partial charge in [0.05, 0.1) is 11.3 Å². The van der Waals surface area contributed by atoms with Crippen molar-refractivity contribution in [3.63, 3.8) is 0 Å². The monoisotopic (exact) mass is 275 g/mol. The molecule has 0 amide bonds. The maximum atomic E-state index is 11.6. The molecule has 0 unspecified atom stereocenters. The lowest BCUT2D eigenvalue weighted by Crippen LogP contribution is -2.05. The SMILES string of the molecule is CC(=O)c1c(OCc2ccccc2)cc(Cl)nc1C. The Balaban J connectivity index is 2.27. The third-order valence-corrected chi connectivity index (χ3v) is 2.92. The highest BCUT2D eigenvalue weighted by Gasteiger charge is 2.14. The van der Waals surface area contributed by atoms with Crippen molar-refractivity contribution >= 4 is 17.4 Å². The van der Waals surface area contributed by atoms with Gasteiger partial charge in [0, 0.05) is 6.07 Å². The summed E-state index contributed by atoms with van der Waals surface area (Å²) in [6.07, 6.45) is 0. The van der Waals surface area contributed by atoms with E-state index in [1.54, 1.807) is 13.0 Å². The molecule has 0 N–H and O–H groups in total. The largest absolute Gasteiger partial charge is 0.488 e. The predicted molar refractivity (Wildman–Crippen MR) is 74.8 cm³/mol. The lowest BCUT2D eigenvalue weighted by molar-refractivity contribution is 0.101. The van der Waals surface area contributed by atoms with E-state index in [-0.39, 0.29) is 5.78 Å². The van der Waals surface area contributed by atoms with Gasteiger partial charge in [-0.1, -0.05) is 41.9 Å². The number of nitrogens with zero attached hydrogens (tertiary/aromatic N) is 1. The van der Waals surface area contributed by atoms with Gasteiger partial charge in [-0.15, -0.1) is 0 Å². The summed E-state index contributed by atoms with van der Waals surface area (Å²) < 4.78 is 5.70. The minimum absolute atomic E-state index is 0.0790. The molecule has 1 aromatic heterocycles. The molecule has 0 aliphatic heterocycles. The third kappa shape index (κ3) is 3.32. The fourth-order valence-electron chi connectivity index (χ4n) is 1.88. The number of rotatable bonds is 4. The Morgan fingerprint density at radius 2 is 2.00 bits per heavy atom. The number of halogens is 1. The van der Waals surface area contributed by atoms with Crippen molar-refractivity contribution in [3.05, 3.63) is 58.4 Å². The van der Waals surface area contributed by atoms with E-state index in [0.29, 0.717) is 28.8 Å². The summed E-state index contributed by atoms with van der Waals surface area (Å²) in [5, 5.41) is 0.325. The van der Waals surface area contributed by atoms with Gasteiger partial charge in [-0.2, -0.15) is 0 Å². The highest BCUT2D eigenvalue weighted by atomic mass is 35.5. The molecule has 0 bridgehead atoms. The number of ketones is 1. The molecule has 0 aliphatic rings. The van der Waals surface area contributed by atoms with Crippen molar-refractivity contribution in [3.8, 4) is 5.75 Å². The van der Waals surface area contributed by atoms with Crippen molar-refractivity contribution in [1.29, 1.82) is 0 Å². The zero-order chi connectivity index (χ0) is 13.8. The first-order chi connectivity index (χ1) is 9.08. The number of carbonyl (C=O) groups excluding carboxylic acids is 1. The van der Waals surface area contributed by atoms with E-state index in [0.717, 1.165) is 5.56 Å². The minimum Gasteiger partial charge on any atom is -0.488 e. The third-order valence-electron chi connectivity index (χ3n) is 2.72. The van der Waals surface area contributed by atoms with Gasteiger partial charge in [-0.25, -0.2) is 4.98 Å². The molecule has 4 heteroatoms. The number of aromatic nitrogens is 1. The van der Waals surface area contributed by atoms with Gasteiger partial charge in [0.2, 0.25) is 0 Å². The fraction of sp³-hybridized carbons (Fsp3) is 0.200. The van der Waals surface area contributed by atoms with Crippen molar-refractivity contribution in [2.45, 2.75) is 20.5 Å². The quantitative estimate of drug-likeness (QED) is 0.629. The molecule has 0 spiro atoms. The number of hydrogen-bond donors (Lipinski definition) is 0. The maximum Gasteiger partial charge on any atom is 0.165 e. The van der Waals surface area contributed by atoms with Crippen LogP contribution in [0.25, 0.3) is 0 Å². The lowest BCUT2D eigenvalue weighted by atomic mass is 10.1. The Morgan fingerprint density at radius 3 is 2.63 bits per heavy atom. The van der Waals surface area contributed by atoms with Gasteiger partial charge < -0.3 is 4.74 Å². The number of Topliss-reactive ketones (excluding diaryl/α,β-unsaturated/α-hetero) is 1. The molecule has 0 radical (unpaired) electrons. The molecular formula is C15H14ClNO2. The molecule has 2 aromatic rings. The molecular weight excluding hydrogens is 262 g/mol. The van der Waals surface area contributed by atoms with Crippen molar-refractivity contribution in [1.82, 2.24) is 4.98 Å². The Morgan fingerprint density at radius 1 is 1.32 bits per heavy atom. The van der Waals surface area contributed by atoms with Crippen molar-refractivity contribution < 1.29 is 9.53 Å². The molecule has 0 saturated carbocycles. The van der Waals surface area contributed by atoms with E-state index >= 15 is 0 Å². The Hall–Kier alpha value is -1.87. The second-order valence-corrected chi connectivity index (χ2v) is 4.62. The van der Waals surface area contributed by atoms with Crippen molar-refractivity contribution in [2.75, 3.05) is 0 Å². The molecule has 1 heterocycles. The van der Waals surface area contributed by atoms with E-state index < -0.39 is 0 Å². The van der Waals surface area contributed by atoms with Crippen LogP contribution >= 0.6 is 11.6 Å². The molecule has 19 heavy (non-hydrogen) atoms. The van der Waals surface area contributed by atoms with E-state index in [1.165, 1.54) is 6.92 Å². The second kappa shape index (κ2) is 5.85. The van der Waals surface area contributed by atoms with E-state index in [9.17, 15) is 4.79 Å². The van der Waals surface area contributed by atoms with Gasteiger partial charge in [0.1, 0.15) is 17.5 Å². The average Bonchev–Trinajstić information content (AvgIpc) is 2.36. The minimum atomic E-state index is -0.0790. The summed E-state index contributed by atoms with van der Waals surface area (Å²) in [6.45, 7) is 3.63. The highest BCUT2D eigenvalue weighted by molar-refractivity contribution is 6.29. The average molecular weight is 276 g/mol. The summed E-state index contributed by atoms with van der Waals surface area (Å²) >= 11 is 5.91. The van der Waals surface area contributed by atoms with Crippen LogP contribution in [0.5, 0.6) is 5.75 Å². The van der Waals surface area contributed by atoms with Crippen LogP contribution in [-0.2, 0) is 6.61 Å². The van der Waals surface area contributed by atoms with Crippen LogP contribution in [-0.4, -0.2) is 10.8 Å². The predicted octanol–water partition coefficient (Wildman–Crippen LogP) is 3.83. The van der Waals surface area contributed by atoms with Crippen LogP contribution in [0.3, 0.4) is 0 Å². The normalized spacial score (nSPS) is 10.3. The Kier molecular flexibility index (Phi) is 4.17. The maximum absolute atomic E-state index is 11.6. The smallest absolute Gasteiger partial charge is 0.165 e. The van der Waals surface area contributed by atoms with Crippen LogP contribution in [0.2, 0.25) is 5.15 Å². The van der Waals surface area contributed by atoms with E-state index in [1.807, 2.05) is 30.3 Å². The molecule has 1 aromatic carbocycles. The topological polar surface area (TPSA) is 39.2 Å². The number of pyridine rings is 1. The fourth-order valence-corrected chi connectivity index (χ4v) is 2.11. The Bertz CT molecular complexity index is 597. The van der Waals surface area contributed by atoms with Gasteiger partial charge in [-0.05, 0) is 19.4 Å². The van der Waals surface area contributed by atoms with E-state index in [4.69, 9.17) is 16.3 Å². The lowest BCUT2D eigenvalue weighted by Gasteiger charge is -2.12. The molecule has 3 nitrogen and oxygen atoms in total. The Labute approximate surface area is 117 Å². The van der Waals surface area contributed by atoms with E-state index in [2.05, 4.69) is 4.98 Å². The van der Waals surface area contributed by atoms with Gasteiger partial charge in [0.25, 0.3) is 0 Å². The zero-order valence-corrected chi connectivity index (χ0v) is 11.6. The molecule has 98 valence electrons. The number of aryl methyl sites for hydroxylation is 1. The summed E-state index contributed by atoms with van der Waals surface area (Å²) in [7, 11) is 0. The number of hydrogen-bond acceptors (Lipinski definition) is 3. The highest BCUT2D eigenvalue weighted by Crippen LogP contribution is 2.26. The van der Waals surface area contributed by atoms with Gasteiger partial charge in [0.15, 0.2) is 5.78 Å². The first-order valence-electron chi connectivity index (χ1n) is 5.92. The van der Waals surface area contributed by atoms with Crippen LogP contribution < -0.4 is 4.74 Å². The summed E-state index contributed by atoms with van der Waals surface area (Å²) in [5.74, 6) is 0.401. The molecule has 2 rings (SSSR count). The van der Waals surface area contributed by atoms with Crippen LogP contribution in [0, 0.1) is 6.92 Å². The van der Waals surface area contributed by atoms with Crippen LogP contribution in [0.1, 0.15) is 28.5 Å². The van der Waals surface area contributed by atoms with Crippen LogP contribution in [0.15, 0.2) is 36.4 Å². The molecule has 0 saturated heterocycles. The van der Waals surface area contributed by atoms with Crippen molar-refractivity contribution in [2.24, 2.45) is 0 Å². The number of carbonyl (C=O) groups is 1. The van der Waals surface area contributed by atoms with Crippen LogP contribution in [0.4, 0.5) is 0 Å². The van der Waals surface area contributed by atoms with Gasteiger partial charge >= 0.3 is 0 Å². The zero-order valence-electron chi connectivity index (χ0n) is 10.8.